The van der Waals surface area contributed by atoms with E-state index in [0.29, 0.717) is 44.6 Å². The minimum absolute atomic E-state index is 0.0860. The van der Waals surface area contributed by atoms with Crippen LogP contribution < -0.4 is 9.64 Å². The fraction of sp³-hybridized carbons (Fsp3) is 0.529. The molecule has 0 radical (unpaired) electrons. The first-order valence-electron chi connectivity index (χ1n) is 8.55. The van der Waals surface area contributed by atoms with Gasteiger partial charge in [-0.1, -0.05) is 0 Å². The molecule has 3 heterocycles. The first-order chi connectivity index (χ1) is 12.0. The Balaban J connectivity index is 1.59. The molecule has 0 N–H and O–H groups in total. The highest BCUT2D eigenvalue weighted by Gasteiger charge is 2.23. The fourth-order valence-corrected chi connectivity index (χ4v) is 2.84. The van der Waals surface area contributed by atoms with Crippen LogP contribution in [0, 0.1) is 13.8 Å². The van der Waals surface area contributed by atoms with Crippen molar-refractivity contribution in [2.75, 3.05) is 37.7 Å². The summed E-state index contributed by atoms with van der Waals surface area (Å²) in [5, 5.41) is 4.17. The molecule has 25 heavy (non-hydrogen) atoms. The van der Waals surface area contributed by atoms with Crippen LogP contribution in [-0.2, 0) is 11.3 Å². The van der Waals surface area contributed by atoms with Crippen molar-refractivity contribution in [2.24, 2.45) is 0 Å². The van der Waals surface area contributed by atoms with E-state index in [1.165, 1.54) is 0 Å². The summed E-state index contributed by atoms with van der Waals surface area (Å²) < 4.78 is 7.18. The molecule has 0 saturated carbocycles. The van der Waals surface area contributed by atoms with Gasteiger partial charge in [0.15, 0.2) is 0 Å². The highest BCUT2D eigenvalue weighted by molar-refractivity contribution is 5.76. The Morgan fingerprint density at radius 2 is 1.96 bits per heavy atom. The second kappa shape index (κ2) is 7.50. The molecule has 0 aliphatic carbocycles. The average Bonchev–Trinajstić information content (AvgIpc) is 2.99. The fourth-order valence-electron chi connectivity index (χ4n) is 2.84. The highest BCUT2D eigenvalue weighted by Crippen LogP contribution is 2.17. The molecular formula is C17H24N6O2. The summed E-state index contributed by atoms with van der Waals surface area (Å²) in [7, 11) is 0. The molecular weight excluding hydrogens is 320 g/mol. The lowest BCUT2D eigenvalue weighted by Gasteiger charge is -2.34. The van der Waals surface area contributed by atoms with E-state index >= 15 is 0 Å². The van der Waals surface area contributed by atoms with Gasteiger partial charge in [-0.05, 0) is 26.3 Å². The number of nitrogens with zero attached hydrogens (tertiary/aromatic N) is 6. The minimum atomic E-state index is 0.0860. The van der Waals surface area contributed by atoms with Gasteiger partial charge in [0.05, 0.1) is 12.8 Å². The van der Waals surface area contributed by atoms with Gasteiger partial charge in [-0.3, -0.25) is 9.48 Å². The molecule has 2 aromatic heterocycles. The van der Waals surface area contributed by atoms with E-state index in [1.54, 1.807) is 10.9 Å². The van der Waals surface area contributed by atoms with E-state index in [0.717, 1.165) is 11.3 Å². The van der Waals surface area contributed by atoms with Crippen molar-refractivity contribution in [2.45, 2.75) is 27.3 Å². The largest absolute Gasteiger partial charge is 0.478 e. The molecule has 0 spiro atoms. The summed E-state index contributed by atoms with van der Waals surface area (Å²) in [6.07, 6.45) is 3.64. The molecule has 134 valence electrons. The Morgan fingerprint density at radius 3 is 2.60 bits per heavy atom. The third kappa shape index (κ3) is 4.26. The van der Waals surface area contributed by atoms with Gasteiger partial charge >= 0.3 is 0 Å². The Bertz CT molecular complexity index is 736. The molecule has 8 nitrogen and oxygen atoms in total. The molecule has 2 aromatic rings. The summed E-state index contributed by atoms with van der Waals surface area (Å²) in [5.74, 6) is 1.35. The molecule has 1 saturated heterocycles. The zero-order valence-electron chi connectivity index (χ0n) is 15.0. The minimum Gasteiger partial charge on any atom is -0.478 e. The third-order valence-corrected chi connectivity index (χ3v) is 4.09. The van der Waals surface area contributed by atoms with Crippen molar-refractivity contribution in [1.29, 1.82) is 0 Å². The van der Waals surface area contributed by atoms with E-state index in [9.17, 15) is 4.79 Å². The van der Waals surface area contributed by atoms with Gasteiger partial charge in [0.2, 0.25) is 17.7 Å². The van der Waals surface area contributed by atoms with Gasteiger partial charge in [-0.15, -0.1) is 0 Å². The van der Waals surface area contributed by atoms with Crippen molar-refractivity contribution in [3.63, 3.8) is 0 Å². The molecule has 0 unspecified atom stereocenters. The number of ether oxygens (including phenoxy) is 1. The summed E-state index contributed by atoms with van der Waals surface area (Å²) in [6.45, 7) is 9.40. The number of aryl methyl sites for hydroxylation is 2. The van der Waals surface area contributed by atoms with Crippen LogP contribution in [0.4, 0.5) is 5.95 Å². The van der Waals surface area contributed by atoms with Crippen molar-refractivity contribution < 1.29 is 9.53 Å². The first kappa shape index (κ1) is 17.2. The van der Waals surface area contributed by atoms with Crippen molar-refractivity contribution in [1.82, 2.24) is 24.6 Å². The maximum absolute atomic E-state index is 12.4. The second-order valence-electron chi connectivity index (χ2n) is 6.16. The van der Waals surface area contributed by atoms with Gasteiger partial charge in [0.1, 0.15) is 6.54 Å². The molecule has 3 rings (SSSR count). The summed E-state index contributed by atoms with van der Waals surface area (Å²) in [4.78, 5) is 25.3. The monoisotopic (exact) mass is 344 g/mol. The van der Waals surface area contributed by atoms with Crippen LogP contribution in [0.5, 0.6) is 5.88 Å². The predicted octanol–water partition coefficient (Wildman–Crippen LogP) is 1.04. The number of piperazine rings is 1. The maximum Gasteiger partial charge on any atom is 0.244 e. The van der Waals surface area contributed by atoms with Crippen LogP contribution in [0.25, 0.3) is 0 Å². The number of hydrogen-bond donors (Lipinski definition) is 0. The van der Waals surface area contributed by atoms with Crippen LogP contribution >= 0.6 is 0 Å². The van der Waals surface area contributed by atoms with Gasteiger partial charge < -0.3 is 14.5 Å². The van der Waals surface area contributed by atoms with Crippen LogP contribution in [0.1, 0.15) is 18.2 Å². The lowest BCUT2D eigenvalue weighted by Crippen LogP contribution is -2.50. The van der Waals surface area contributed by atoms with Crippen LogP contribution in [0.2, 0.25) is 0 Å². The quantitative estimate of drug-likeness (QED) is 0.807. The van der Waals surface area contributed by atoms with Crippen molar-refractivity contribution in [3.05, 3.63) is 29.7 Å². The van der Waals surface area contributed by atoms with Crippen molar-refractivity contribution in [3.8, 4) is 5.88 Å². The average molecular weight is 344 g/mol. The van der Waals surface area contributed by atoms with E-state index < -0.39 is 0 Å². The van der Waals surface area contributed by atoms with Gasteiger partial charge in [0, 0.05) is 44.1 Å². The molecule has 1 amide bonds. The molecule has 0 aromatic carbocycles. The molecule has 1 fully saturated rings. The molecule has 0 bridgehead atoms. The molecule has 1 aliphatic rings. The zero-order valence-corrected chi connectivity index (χ0v) is 15.0. The Kier molecular flexibility index (Phi) is 5.16. The van der Waals surface area contributed by atoms with Gasteiger partial charge in [-0.2, -0.15) is 10.1 Å². The number of aromatic nitrogens is 4. The number of amides is 1. The topological polar surface area (TPSA) is 76.4 Å². The first-order valence-corrected chi connectivity index (χ1v) is 8.55. The maximum atomic E-state index is 12.4. The SMILES string of the molecule is CCOc1cc(C)nc(N2CCN(C(=O)Cn3cc(C)cn3)CC2)n1. The smallest absolute Gasteiger partial charge is 0.244 e. The highest BCUT2D eigenvalue weighted by atomic mass is 16.5. The van der Waals surface area contributed by atoms with Gasteiger partial charge in [0.25, 0.3) is 0 Å². The van der Waals surface area contributed by atoms with E-state index in [1.807, 2.05) is 37.9 Å². The van der Waals surface area contributed by atoms with E-state index in [-0.39, 0.29) is 12.5 Å². The Hall–Kier alpha value is -2.64. The lowest BCUT2D eigenvalue weighted by atomic mass is 10.3. The number of anilines is 1. The zero-order chi connectivity index (χ0) is 17.8. The summed E-state index contributed by atoms with van der Waals surface area (Å²) >= 11 is 0. The standard InChI is InChI=1S/C17H24N6O2/c1-4-25-15-9-14(3)19-17(20-15)22-7-5-21(6-8-22)16(24)12-23-11-13(2)10-18-23/h9-11H,4-8,12H2,1-3H3. The molecule has 1 aliphatic heterocycles. The number of carbonyl (C=O) groups excluding carboxylic acids is 1. The second-order valence-corrected chi connectivity index (χ2v) is 6.16. The van der Waals surface area contributed by atoms with Crippen LogP contribution in [0.15, 0.2) is 18.5 Å². The van der Waals surface area contributed by atoms with Crippen LogP contribution in [-0.4, -0.2) is 63.3 Å². The molecule has 0 atom stereocenters. The third-order valence-electron chi connectivity index (χ3n) is 4.09. The Labute approximate surface area is 147 Å². The lowest BCUT2D eigenvalue weighted by molar-refractivity contribution is -0.132. The van der Waals surface area contributed by atoms with E-state index in [4.69, 9.17) is 4.74 Å². The predicted molar refractivity (Wildman–Crippen MR) is 93.7 cm³/mol. The Morgan fingerprint density at radius 1 is 1.20 bits per heavy atom. The summed E-state index contributed by atoms with van der Waals surface area (Å²) in [6, 6.07) is 1.83. The normalized spacial score (nSPS) is 14.7. The van der Waals surface area contributed by atoms with Crippen molar-refractivity contribution >= 4 is 11.9 Å². The number of carbonyl (C=O) groups is 1. The van der Waals surface area contributed by atoms with Gasteiger partial charge in [-0.25, -0.2) is 4.98 Å². The summed E-state index contributed by atoms with van der Waals surface area (Å²) in [5.41, 5.74) is 1.93. The number of hydrogen-bond acceptors (Lipinski definition) is 6. The molecule has 8 heteroatoms. The van der Waals surface area contributed by atoms with Crippen LogP contribution in [0.3, 0.4) is 0 Å². The number of rotatable bonds is 5. The van der Waals surface area contributed by atoms with E-state index in [2.05, 4.69) is 20.0 Å².